The minimum absolute atomic E-state index is 0.215. The Bertz CT molecular complexity index is 474. The largest absolute Gasteiger partial charge is 0.481 e. The Morgan fingerprint density at radius 3 is 3.05 bits per heavy atom. The number of hydrogen-bond acceptors (Lipinski definition) is 3. The molecule has 0 spiro atoms. The second-order valence-corrected chi connectivity index (χ2v) is 5.40. The highest BCUT2D eigenvalue weighted by molar-refractivity contribution is 5.70. The van der Waals surface area contributed by atoms with E-state index in [-0.39, 0.29) is 12.0 Å². The Balaban J connectivity index is 1.81. The molecule has 2 heterocycles. The molecule has 0 radical (unpaired) electrons. The normalized spacial score (nSPS) is 27.8. The van der Waals surface area contributed by atoms with Crippen LogP contribution in [0.3, 0.4) is 0 Å². The van der Waals surface area contributed by atoms with E-state index in [1.165, 1.54) is 11.1 Å². The summed E-state index contributed by atoms with van der Waals surface area (Å²) < 4.78 is 5.67. The summed E-state index contributed by atoms with van der Waals surface area (Å²) in [6, 6.07) is 8.54. The first-order valence-electron chi connectivity index (χ1n) is 6.88. The molecule has 4 nitrogen and oxygen atoms in total. The topological polar surface area (TPSA) is 49.8 Å². The third-order valence-electron chi connectivity index (χ3n) is 4.19. The van der Waals surface area contributed by atoms with Gasteiger partial charge in [-0.15, -0.1) is 0 Å². The summed E-state index contributed by atoms with van der Waals surface area (Å²) in [6.07, 6.45) is 1.75. The van der Waals surface area contributed by atoms with Crippen LogP contribution in [0, 0.1) is 5.92 Å². The van der Waals surface area contributed by atoms with Crippen molar-refractivity contribution in [3.05, 3.63) is 35.4 Å². The van der Waals surface area contributed by atoms with Gasteiger partial charge in [0.25, 0.3) is 0 Å². The van der Waals surface area contributed by atoms with Gasteiger partial charge in [-0.3, -0.25) is 9.69 Å². The first-order valence-corrected chi connectivity index (χ1v) is 6.88. The Morgan fingerprint density at radius 2 is 2.21 bits per heavy atom. The lowest BCUT2D eigenvalue weighted by Gasteiger charge is -2.39. The molecule has 0 aromatic heterocycles. The van der Waals surface area contributed by atoms with Crippen LogP contribution in [0.1, 0.15) is 30.0 Å². The van der Waals surface area contributed by atoms with E-state index in [0.29, 0.717) is 19.8 Å². The van der Waals surface area contributed by atoms with Gasteiger partial charge in [0.05, 0.1) is 25.2 Å². The van der Waals surface area contributed by atoms with Gasteiger partial charge >= 0.3 is 5.97 Å². The number of rotatable bonds is 2. The van der Waals surface area contributed by atoms with Gasteiger partial charge in [-0.1, -0.05) is 24.3 Å². The third kappa shape index (κ3) is 2.51. The van der Waals surface area contributed by atoms with Crippen LogP contribution in [0.5, 0.6) is 0 Å². The van der Waals surface area contributed by atoms with Crippen LogP contribution < -0.4 is 0 Å². The molecule has 2 aliphatic rings. The number of benzene rings is 1. The van der Waals surface area contributed by atoms with Crippen molar-refractivity contribution in [2.24, 2.45) is 5.92 Å². The molecule has 0 bridgehead atoms. The second kappa shape index (κ2) is 5.31. The molecule has 2 atom stereocenters. The monoisotopic (exact) mass is 261 g/mol. The van der Waals surface area contributed by atoms with Gasteiger partial charge in [-0.2, -0.15) is 0 Å². The molecule has 1 fully saturated rings. The minimum Gasteiger partial charge on any atom is -0.481 e. The van der Waals surface area contributed by atoms with Crippen molar-refractivity contribution in [1.82, 2.24) is 4.90 Å². The maximum absolute atomic E-state index is 11.2. The van der Waals surface area contributed by atoms with E-state index < -0.39 is 5.97 Å². The zero-order valence-electron chi connectivity index (χ0n) is 10.9. The molecule has 0 amide bonds. The molecule has 1 aromatic rings. The average molecular weight is 261 g/mol. The van der Waals surface area contributed by atoms with Crippen LogP contribution in [0.15, 0.2) is 24.3 Å². The lowest BCUT2D eigenvalue weighted by molar-refractivity contribution is -0.144. The first kappa shape index (κ1) is 12.6. The number of likely N-dealkylation sites (tertiary alicyclic amines) is 1. The summed E-state index contributed by atoms with van der Waals surface area (Å²) in [6.45, 7) is 2.94. The number of nitrogens with zero attached hydrogens (tertiary/aromatic N) is 1. The predicted octanol–water partition coefficient (Wildman–Crippen LogP) is 2.05. The summed E-state index contributed by atoms with van der Waals surface area (Å²) in [5.74, 6) is -0.905. The number of piperidine rings is 1. The highest BCUT2D eigenvalue weighted by Gasteiger charge is 2.32. The van der Waals surface area contributed by atoms with E-state index in [2.05, 4.69) is 23.1 Å². The Kier molecular flexibility index (Phi) is 3.53. The molecule has 2 aliphatic heterocycles. The fourth-order valence-electron chi connectivity index (χ4n) is 3.15. The van der Waals surface area contributed by atoms with Crippen molar-refractivity contribution < 1.29 is 14.6 Å². The Hall–Kier alpha value is -1.39. The number of carboxylic acid groups (broad SMARTS) is 1. The van der Waals surface area contributed by atoms with Crippen LogP contribution in [0.2, 0.25) is 0 Å². The quantitative estimate of drug-likeness (QED) is 0.885. The van der Waals surface area contributed by atoms with Crippen molar-refractivity contribution in [2.45, 2.75) is 25.5 Å². The van der Waals surface area contributed by atoms with Crippen molar-refractivity contribution in [2.75, 3.05) is 19.7 Å². The average Bonchev–Trinajstić information content (AvgIpc) is 2.47. The lowest BCUT2D eigenvalue weighted by atomic mass is 9.92. The minimum atomic E-state index is -0.672. The molecular weight excluding hydrogens is 242 g/mol. The predicted molar refractivity (Wildman–Crippen MR) is 70.8 cm³/mol. The second-order valence-electron chi connectivity index (χ2n) is 5.40. The fraction of sp³-hybridized carbons (Fsp3) is 0.533. The standard InChI is InChI=1S/C15H19NO3/c17-15(18)11-5-3-7-16(8-11)14-10-19-9-12-4-1-2-6-13(12)14/h1-2,4,6,11,14H,3,5,7-10H2,(H,17,18). The molecule has 3 rings (SSSR count). The van der Waals surface area contributed by atoms with Crippen LogP contribution in [-0.2, 0) is 16.1 Å². The Morgan fingerprint density at radius 1 is 1.37 bits per heavy atom. The van der Waals surface area contributed by atoms with Gasteiger partial charge in [-0.05, 0) is 30.5 Å². The van der Waals surface area contributed by atoms with Gasteiger partial charge in [0, 0.05) is 6.54 Å². The van der Waals surface area contributed by atoms with Crippen molar-refractivity contribution in [3.63, 3.8) is 0 Å². The van der Waals surface area contributed by atoms with Crippen molar-refractivity contribution >= 4 is 5.97 Å². The number of hydrogen-bond donors (Lipinski definition) is 1. The molecule has 19 heavy (non-hydrogen) atoms. The molecule has 1 saturated heterocycles. The van der Waals surface area contributed by atoms with Gasteiger partial charge in [0.2, 0.25) is 0 Å². The van der Waals surface area contributed by atoms with Crippen LogP contribution >= 0.6 is 0 Å². The maximum Gasteiger partial charge on any atom is 0.307 e. The molecule has 4 heteroatoms. The number of ether oxygens (including phenoxy) is 1. The summed E-state index contributed by atoms with van der Waals surface area (Å²) in [7, 11) is 0. The summed E-state index contributed by atoms with van der Waals surface area (Å²) in [4.78, 5) is 13.4. The van der Waals surface area contributed by atoms with Crippen LogP contribution in [0.25, 0.3) is 0 Å². The van der Waals surface area contributed by atoms with Gasteiger partial charge in [-0.25, -0.2) is 0 Å². The van der Waals surface area contributed by atoms with E-state index >= 15 is 0 Å². The fourth-order valence-corrected chi connectivity index (χ4v) is 3.15. The molecule has 0 saturated carbocycles. The summed E-state index contributed by atoms with van der Waals surface area (Å²) >= 11 is 0. The molecule has 2 unspecified atom stereocenters. The molecule has 1 N–H and O–H groups in total. The third-order valence-corrected chi connectivity index (χ3v) is 4.19. The first-order chi connectivity index (χ1) is 9.25. The van der Waals surface area contributed by atoms with E-state index in [0.717, 1.165) is 19.4 Å². The lowest BCUT2D eigenvalue weighted by Crippen LogP contribution is -2.43. The SMILES string of the molecule is O=C(O)C1CCCN(C2COCc3ccccc32)C1. The number of aliphatic carboxylic acids is 1. The van der Waals surface area contributed by atoms with E-state index in [1.54, 1.807) is 0 Å². The van der Waals surface area contributed by atoms with Crippen molar-refractivity contribution in [3.8, 4) is 0 Å². The summed E-state index contributed by atoms with van der Waals surface area (Å²) in [5, 5.41) is 9.19. The highest BCUT2D eigenvalue weighted by Crippen LogP contribution is 2.32. The molecule has 102 valence electrons. The van der Waals surface area contributed by atoms with E-state index in [4.69, 9.17) is 4.74 Å². The number of carboxylic acids is 1. The van der Waals surface area contributed by atoms with Crippen LogP contribution in [-0.4, -0.2) is 35.7 Å². The highest BCUT2D eigenvalue weighted by atomic mass is 16.5. The van der Waals surface area contributed by atoms with E-state index in [9.17, 15) is 9.90 Å². The van der Waals surface area contributed by atoms with Gasteiger partial charge in [0.15, 0.2) is 0 Å². The number of fused-ring (bicyclic) bond motifs is 1. The zero-order chi connectivity index (χ0) is 13.2. The van der Waals surface area contributed by atoms with Gasteiger partial charge < -0.3 is 9.84 Å². The van der Waals surface area contributed by atoms with Crippen LogP contribution in [0.4, 0.5) is 0 Å². The van der Waals surface area contributed by atoms with E-state index in [1.807, 2.05) is 6.07 Å². The molecular formula is C15H19NO3. The Labute approximate surface area is 113 Å². The van der Waals surface area contributed by atoms with Gasteiger partial charge in [0.1, 0.15) is 0 Å². The number of carbonyl (C=O) groups is 1. The molecule has 0 aliphatic carbocycles. The zero-order valence-corrected chi connectivity index (χ0v) is 10.9. The summed E-state index contributed by atoms with van der Waals surface area (Å²) in [5.41, 5.74) is 2.54. The van der Waals surface area contributed by atoms with Crippen molar-refractivity contribution in [1.29, 1.82) is 0 Å². The molecule has 1 aromatic carbocycles. The maximum atomic E-state index is 11.2. The smallest absolute Gasteiger partial charge is 0.307 e.